The van der Waals surface area contributed by atoms with E-state index in [9.17, 15) is 13.2 Å². The lowest BCUT2D eigenvalue weighted by molar-refractivity contribution is -0.115. The van der Waals surface area contributed by atoms with Crippen LogP contribution < -0.4 is 15.2 Å². The van der Waals surface area contributed by atoms with Gasteiger partial charge in [0.05, 0.1) is 12.4 Å². The van der Waals surface area contributed by atoms with Gasteiger partial charge in [-0.3, -0.25) is 4.79 Å². The molecule has 2 aromatic rings. The molecule has 0 spiro atoms. The van der Waals surface area contributed by atoms with Gasteiger partial charge in [0.1, 0.15) is 10.6 Å². The summed E-state index contributed by atoms with van der Waals surface area (Å²) in [6, 6.07) is 12.2. The molecule has 0 bridgehead atoms. The van der Waals surface area contributed by atoms with Crippen molar-refractivity contribution >= 4 is 33.4 Å². The molecule has 2 rings (SSSR count). The number of rotatable bonds is 6. The third-order valence-electron chi connectivity index (χ3n) is 3.44. The summed E-state index contributed by atoms with van der Waals surface area (Å²) in [7, 11) is -2.61. The molecule has 8 heteroatoms. The van der Waals surface area contributed by atoms with Crippen molar-refractivity contribution in [1.82, 2.24) is 0 Å². The van der Waals surface area contributed by atoms with E-state index < -0.39 is 10.0 Å². The molecular formula is C17H20N2O4S2. The highest BCUT2D eigenvalue weighted by Gasteiger charge is 2.18. The van der Waals surface area contributed by atoms with Gasteiger partial charge in [-0.2, -0.15) is 0 Å². The number of methoxy groups -OCH3 is 1. The van der Waals surface area contributed by atoms with E-state index in [1.807, 2.05) is 31.2 Å². The summed E-state index contributed by atoms with van der Waals surface area (Å²) >= 11 is 1.42. The Labute approximate surface area is 151 Å². The SMILES string of the molecule is COc1ccc(NC(=O)[C@@H](C)Sc2ccc(C)cc2)cc1S(N)(=O)=O. The molecule has 0 aliphatic rings. The number of sulfonamides is 1. The number of hydrogen-bond donors (Lipinski definition) is 2. The van der Waals surface area contributed by atoms with Crippen LogP contribution in [0.2, 0.25) is 0 Å². The number of hydrogen-bond acceptors (Lipinski definition) is 5. The summed E-state index contributed by atoms with van der Waals surface area (Å²) in [6.07, 6.45) is 0. The quantitative estimate of drug-likeness (QED) is 0.751. The number of aryl methyl sites for hydroxylation is 1. The first-order valence-electron chi connectivity index (χ1n) is 7.45. The second-order valence-corrected chi connectivity index (χ2v) is 8.42. The van der Waals surface area contributed by atoms with Crippen molar-refractivity contribution in [2.45, 2.75) is 28.9 Å². The summed E-state index contributed by atoms with van der Waals surface area (Å²) in [5.41, 5.74) is 1.49. The van der Waals surface area contributed by atoms with E-state index in [4.69, 9.17) is 9.88 Å². The lowest BCUT2D eigenvalue weighted by Crippen LogP contribution is -2.22. The van der Waals surface area contributed by atoms with Gasteiger partial charge in [-0.15, -0.1) is 11.8 Å². The van der Waals surface area contributed by atoms with Gasteiger partial charge in [-0.25, -0.2) is 13.6 Å². The van der Waals surface area contributed by atoms with Crippen molar-refractivity contribution in [2.24, 2.45) is 5.14 Å². The van der Waals surface area contributed by atoms with Crippen molar-refractivity contribution in [1.29, 1.82) is 0 Å². The van der Waals surface area contributed by atoms with Crippen LogP contribution in [0.5, 0.6) is 5.75 Å². The van der Waals surface area contributed by atoms with Crippen LogP contribution in [0.1, 0.15) is 12.5 Å². The molecule has 0 aliphatic heterocycles. The third-order valence-corrected chi connectivity index (χ3v) is 5.48. The average Bonchev–Trinajstić information content (AvgIpc) is 2.56. The van der Waals surface area contributed by atoms with E-state index in [0.29, 0.717) is 5.69 Å². The second kappa shape index (κ2) is 7.90. The number of carbonyl (C=O) groups excluding carboxylic acids is 1. The summed E-state index contributed by atoms with van der Waals surface area (Å²) < 4.78 is 28.3. The van der Waals surface area contributed by atoms with Crippen molar-refractivity contribution in [3.8, 4) is 5.75 Å². The van der Waals surface area contributed by atoms with Gasteiger partial charge in [-0.05, 0) is 44.2 Å². The molecule has 0 unspecified atom stereocenters. The molecule has 0 saturated carbocycles. The Hall–Kier alpha value is -2.03. The third kappa shape index (κ3) is 5.22. The molecular weight excluding hydrogens is 360 g/mol. The fourth-order valence-corrected chi connectivity index (χ4v) is 3.69. The number of thioether (sulfide) groups is 1. The first-order chi connectivity index (χ1) is 11.7. The van der Waals surface area contributed by atoms with Gasteiger partial charge < -0.3 is 10.1 Å². The maximum absolute atomic E-state index is 12.4. The number of primary sulfonamides is 1. The summed E-state index contributed by atoms with van der Waals surface area (Å²) in [4.78, 5) is 13.2. The topological polar surface area (TPSA) is 98.5 Å². The van der Waals surface area contributed by atoms with E-state index in [1.165, 1.54) is 31.0 Å². The predicted octanol–water partition coefficient (Wildman–Crippen LogP) is 2.77. The van der Waals surface area contributed by atoms with Gasteiger partial charge in [0.2, 0.25) is 15.9 Å². The average molecular weight is 380 g/mol. The minimum absolute atomic E-state index is 0.127. The van der Waals surface area contributed by atoms with E-state index >= 15 is 0 Å². The van der Waals surface area contributed by atoms with Crippen LogP contribution in [0.4, 0.5) is 5.69 Å². The largest absolute Gasteiger partial charge is 0.495 e. The van der Waals surface area contributed by atoms with E-state index in [2.05, 4.69) is 5.32 Å². The smallest absolute Gasteiger partial charge is 0.241 e. The number of nitrogens with one attached hydrogen (secondary N) is 1. The molecule has 3 N–H and O–H groups in total. The minimum Gasteiger partial charge on any atom is -0.495 e. The van der Waals surface area contributed by atoms with E-state index in [0.717, 1.165) is 10.5 Å². The second-order valence-electron chi connectivity index (χ2n) is 5.47. The van der Waals surface area contributed by atoms with Crippen LogP contribution in [-0.4, -0.2) is 26.7 Å². The Bertz CT molecular complexity index is 865. The molecule has 1 atom stereocenters. The molecule has 0 heterocycles. The van der Waals surface area contributed by atoms with Gasteiger partial charge in [-0.1, -0.05) is 17.7 Å². The highest BCUT2D eigenvalue weighted by atomic mass is 32.2. The van der Waals surface area contributed by atoms with Crippen molar-refractivity contribution in [3.05, 3.63) is 48.0 Å². The number of amides is 1. The number of anilines is 1. The highest BCUT2D eigenvalue weighted by Crippen LogP contribution is 2.28. The number of carbonyl (C=O) groups is 1. The standard InChI is InChI=1S/C17H20N2O4S2/c1-11-4-7-14(8-5-11)24-12(2)17(20)19-13-6-9-15(23-3)16(10-13)25(18,21)22/h4-10,12H,1-3H3,(H,19,20)(H2,18,21,22)/t12-/m1/s1. The van der Waals surface area contributed by atoms with Crippen LogP contribution in [0.15, 0.2) is 52.3 Å². The Morgan fingerprint density at radius 1 is 1.20 bits per heavy atom. The first kappa shape index (κ1) is 19.3. The maximum atomic E-state index is 12.4. The molecule has 134 valence electrons. The van der Waals surface area contributed by atoms with Crippen LogP contribution in [-0.2, 0) is 14.8 Å². The lowest BCUT2D eigenvalue weighted by atomic mass is 10.2. The lowest BCUT2D eigenvalue weighted by Gasteiger charge is -2.14. The molecule has 0 aromatic heterocycles. The minimum atomic E-state index is -3.96. The fraction of sp³-hybridized carbons (Fsp3) is 0.235. The summed E-state index contributed by atoms with van der Waals surface area (Å²) in [5, 5.41) is 7.53. The van der Waals surface area contributed by atoms with Crippen LogP contribution in [0, 0.1) is 6.92 Å². The first-order valence-corrected chi connectivity index (χ1v) is 9.88. The molecule has 1 amide bonds. The van der Waals surface area contributed by atoms with Crippen LogP contribution in [0.3, 0.4) is 0 Å². The molecule has 0 saturated heterocycles. The Morgan fingerprint density at radius 3 is 2.40 bits per heavy atom. The normalized spacial score (nSPS) is 12.5. The zero-order valence-electron chi connectivity index (χ0n) is 14.1. The van der Waals surface area contributed by atoms with Crippen molar-refractivity contribution in [3.63, 3.8) is 0 Å². The van der Waals surface area contributed by atoms with Crippen molar-refractivity contribution < 1.29 is 17.9 Å². The predicted molar refractivity (Wildman–Crippen MR) is 99.5 cm³/mol. The van der Waals surface area contributed by atoms with Crippen LogP contribution in [0.25, 0.3) is 0 Å². The summed E-state index contributed by atoms with van der Waals surface area (Å²) in [6.45, 7) is 3.78. The van der Waals surface area contributed by atoms with Crippen LogP contribution >= 0.6 is 11.8 Å². The molecule has 6 nitrogen and oxygen atoms in total. The van der Waals surface area contributed by atoms with Gasteiger partial charge in [0, 0.05) is 10.6 Å². The Morgan fingerprint density at radius 2 is 1.84 bits per heavy atom. The molecule has 2 aromatic carbocycles. The molecule has 0 fully saturated rings. The number of nitrogens with two attached hydrogens (primary N) is 1. The zero-order valence-corrected chi connectivity index (χ0v) is 15.8. The molecule has 0 radical (unpaired) electrons. The number of benzene rings is 2. The number of ether oxygens (including phenoxy) is 1. The molecule has 0 aliphatic carbocycles. The van der Waals surface area contributed by atoms with Gasteiger partial charge in [0.25, 0.3) is 0 Å². The van der Waals surface area contributed by atoms with Crippen molar-refractivity contribution in [2.75, 3.05) is 12.4 Å². The zero-order chi connectivity index (χ0) is 18.6. The Kier molecular flexibility index (Phi) is 6.10. The van der Waals surface area contributed by atoms with E-state index in [-0.39, 0.29) is 21.8 Å². The molecule has 25 heavy (non-hydrogen) atoms. The maximum Gasteiger partial charge on any atom is 0.241 e. The summed E-state index contributed by atoms with van der Waals surface area (Å²) in [5.74, 6) is -0.112. The highest BCUT2D eigenvalue weighted by molar-refractivity contribution is 8.00. The van der Waals surface area contributed by atoms with E-state index in [1.54, 1.807) is 13.0 Å². The fourth-order valence-electron chi connectivity index (χ4n) is 2.10. The van der Waals surface area contributed by atoms with Gasteiger partial charge >= 0.3 is 0 Å². The van der Waals surface area contributed by atoms with Gasteiger partial charge in [0.15, 0.2) is 0 Å². The monoisotopic (exact) mass is 380 g/mol. The Balaban J connectivity index is 2.13.